The van der Waals surface area contributed by atoms with Gasteiger partial charge >= 0.3 is 0 Å². The van der Waals surface area contributed by atoms with E-state index in [2.05, 4.69) is 35.6 Å². The molecule has 18 heavy (non-hydrogen) atoms. The average Bonchev–Trinajstić information content (AvgIpc) is 2.63. The van der Waals surface area contributed by atoms with Crippen molar-refractivity contribution in [3.8, 4) is 0 Å². The quantitative estimate of drug-likeness (QED) is 0.770. The van der Waals surface area contributed by atoms with E-state index in [-0.39, 0.29) is 0 Å². The van der Waals surface area contributed by atoms with Crippen molar-refractivity contribution in [2.75, 3.05) is 13.1 Å². The highest BCUT2D eigenvalue weighted by Gasteiger charge is 2.31. The SMILES string of the molecule is Cc1cc(Cl)nc(CN2CCC(C(C)(C)C)C2)n1. The molecular formula is C14H22ClN3. The molecule has 0 spiro atoms. The zero-order valence-electron chi connectivity index (χ0n) is 11.7. The second-order valence-corrected chi connectivity index (χ2v) is 6.72. The van der Waals surface area contributed by atoms with Crippen LogP contribution < -0.4 is 0 Å². The van der Waals surface area contributed by atoms with Crippen molar-refractivity contribution in [3.63, 3.8) is 0 Å². The summed E-state index contributed by atoms with van der Waals surface area (Å²) < 4.78 is 0. The molecule has 0 radical (unpaired) electrons. The largest absolute Gasteiger partial charge is 0.296 e. The van der Waals surface area contributed by atoms with Gasteiger partial charge in [0.25, 0.3) is 0 Å². The van der Waals surface area contributed by atoms with E-state index in [1.54, 1.807) is 6.07 Å². The van der Waals surface area contributed by atoms with Crippen LogP contribution in [0.1, 0.15) is 38.7 Å². The third-order valence-electron chi connectivity index (χ3n) is 3.73. The van der Waals surface area contributed by atoms with Crippen LogP contribution in [0.2, 0.25) is 5.15 Å². The summed E-state index contributed by atoms with van der Waals surface area (Å²) in [7, 11) is 0. The van der Waals surface area contributed by atoms with Gasteiger partial charge in [-0.3, -0.25) is 4.90 Å². The highest BCUT2D eigenvalue weighted by molar-refractivity contribution is 6.29. The van der Waals surface area contributed by atoms with Crippen LogP contribution in [0.5, 0.6) is 0 Å². The van der Waals surface area contributed by atoms with Crippen molar-refractivity contribution in [3.05, 3.63) is 22.7 Å². The molecule has 100 valence electrons. The summed E-state index contributed by atoms with van der Waals surface area (Å²) in [6.07, 6.45) is 1.27. The van der Waals surface area contributed by atoms with Gasteiger partial charge in [0.15, 0.2) is 0 Å². The molecule has 1 aliphatic rings. The van der Waals surface area contributed by atoms with Gasteiger partial charge in [0, 0.05) is 12.2 Å². The van der Waals surface area contributed by atoms with Gasteiger partial charge in [-0.15, -0.1) is 0 Å². The molecule has 0 bridgehead atoms. The van der Waals surface area contributed by atoms with Crippen LogP contribution >= 0.6 is 11.6 Å². The number of nitrogens with zero attached hydrogens (tertiary/aromatic N) is 3. The lowest BCUT2D eigenvalue weighted by atomic mass is 9.80. The van der Waals surface area contributed by atoms with E-state index in [1.807, 2.05) is 6.92 Å². The van der Waals surface area contributed by atoms with E-state index < -0.39 is 0 Å². The molecule has 2 heterocycles. The van der Waals surface area contributed by atoms with Crippen LogP contribution in [0, 0.1) is 18.3 Å². The Hall–Kier alpha value is -0.670. The van der Waals surface area contributed by atoms with Gasteiger partial charge in [0.2, 0.25) is 0 Å². The smallest absolute Gasteiger partial charge is 0.144 e. The zero-order valence-corrected chi connectivity index (χ0v) is 12.5. The number of halogens is 1. The van der Waals surface area contributed by atoms with E-state index in [0.29, 0.717) is 10.6 Å². The number of aryl methyl sites for hydroxylation is 1. The molecule has 0 saturated carbocycles. The molecule has 3 nitrogen and oxygen atoms in total. The Bertz CT molecular complexity index is 405. The maximum absolute atomic E-state index is 5.97. The van der Waals surface area contributed by atoms with Crippen LogP contribution in [-0.4, -0.2) is 28.0 Å². The standard InChI is InChI=1S/C14H22ClN3/c1-10-7-12(15)17-13(16-10)9-18-6-5-11(8-18)14(2,3)4/h7,11H,5-6,8-9H2,1-4H3. The Labute approximate surface area is 115 Å². The van der Waals surface area contributed by atoms with E-state index >= 15 is 0 Å². The summed E-state index contributed by atoms with van der Waals surface area (Å²) in [5.41, 5.74) is 1.33. The van der Waals surface area contributed by atoms with Crippen molar-refractivity contribution < 1.29 is 0 Å². The zero-order chi connectivity index (χ0) is 13.3. The van der Waals surface area contributed by atoms with Crippen molar-refractivity contribution in [2.24, 2.45) is 11.3 Å². The normalized spacial score (nSPS) is 21.5. The summed E-state index contributed by atoms with van der Waals surface area (Å²) in [6.45, 7) is 12.0. The molecule has 1 aromatic rings. The second kappa shape index (κ2) is 5.14. The molecule has 1 unspecified atom stereocenters. The van der Waals surface area contributed by atoms with Gasteiger partial charge in [0.05, 0.1) is 6.54 Å². The third-order valence-corrected chi connectivity index (χ3v) is 3.93. The fourth-order valence-corrected chi connectivity index (χ4v) is 2.80. The second-order valence-electron chi connectivity index (χ2n) is 6.34. The van der Waals surface area contributed by atoms with Crippen LogP contribution in [0.25, 0.3) is 0 Å². The minimum Gasteiger partial charge on any atom is -0.296 e. The maximum Gasteiger partial charge on any atom is 0.144 e. The fraction of sp³-hybridized carbons (Fsp3) is 0.714. The molecule has 1 saturated heterocycles. The molecule has 1 aliphatic heterocycles. The Morgan fingerprint density at radius 2 is 2.11 bits per heavy atom. The number of likely N-dealkylation sites (tertiary alicyclic amines) is 1. The van der Waals surface area contributed by atoms with Crippen molar-refractivity contribution in [2.45, 2.75) is 40.7 Å². The molecule has 1 aromatic heterocycles. The first-order valence-corrected chi connectivity index (χ1v) is 6.95. The summed E-state index contributed by atoms with van der Waals surface area (Å²) in [5.74, 6) is 1.60. The van der Waals surface area contributed by atoms with E-state index in [9.17, 15) is 0 Å². The molecule has 0 aromatic carbocycles. The summed E-state index contributed by atoms with van der Waals surface area (Å²) >= 11 is 5.97. The predicted molar refractivity (Wildman–Crippen MR) is 74.6 cm³/mol. The lowest BCUT2D eigenvalue weighted by Crippen LogP contribution is -2.26. The number of rotatable bonds is 2. The van der Waals surface area contributed by atoms with Crippen LogP contribution in [0.15, 0.2) is 6.07 Å². The highest BCUT2D eigenvalue weighted by Crippen LogP contribution is 2.33. The molecular weight excluding hydrogens is 246 g/mol. The van der Waals surface area contributed by atoms with Crippen LogP contribution in [0.4, 0.5) is 0 Å². The van der Waals surface area contributed by atoms with Crippen molar-refractivity contribution in [1.82, 2.24) is 14.9 Å². The summed E-state index contributed by atoms with van der Waals surface area (Å²) in [6, 6.07) is 1.80. The molecule has 2 rings (SSSR count). The van der Waals surface area contributed by atoms with Gasteiger partial charge in [-0.2, -0.15) is 0 Å². The maximum atomic E-state index is 5.97. The molecule has 4 heteroatoms. The summed E-state index contributed by atoms with van der Waals surface area (Å²) in [4.78, 5) is 11.2. The van der Waals surface area contributed by atoms with Crippen molar-refractivity contribution >= 4 is 11.6 Å². The van der Waals surface area contributed by atoms with Gasteiger partial charge in [-0.1, -0.05) is 32.4 Å². The first-order chi connectivity index (χ1) is 8.34. The molecule has 0 N–H and O–H groups in total. The third kappa shape index (κ3) is 3.42. The number of hydrogen-bond acceptors (Lipinski definition) is 3. The van der Waals surface area contributed by atoms with Gasteiger partial charge in [0.1, 0.15) is 11.0 Å². The minimum atomic E-state index is 0.389. The first kappa shape index (κ1) is 13.8. The van der Waals surface area contributed by atoms with E-state index in [4.69, 9.17) is 11.6 Å². The van der Waals surface area contributed by atoms with Gasteiger partial charge < -0.3 is 0 Å². The van der Waals surface area contributed by atoms with Crippen molar-refractivity contribution in [1.29, 1.82) is 0 Å². The monoisotopic (exact) mass is 267 g/mol. The number of aromatic nitrogens is 2. The Balaban J connectivity index is 1.99. The topological polar surface area (TPSA) is 29.0 Å². The highest BCUT2D eigenvalue weighted by atomic mass is 35.5. The summed E-state index contributed by atoms with van der Waals surface area (Å²) in [5, 5.41) is 0.545. The molecule has 1 fully saturated rings. The number of hydrogen-bond donors (Lipinski definition) is 0. The van der Waals surface area contributed by atoms with E-state index in [0.717, 1.165) is 37.1 Å². The molecule has 0 amide bonds. The Morgan fingerprint density at radius 1 is 1.39 bits per heavy atom. The lowest BCUT2D eigenvalue weighted by molar-refractivity contribution is 0.224. The Kier molecular flexibility index (Phi) is 3.93. The van der Waals surface area contributed by atoms with Crippen LogP contribution in [0.3, 0.4) is 0 Å². The lowest BCUT2D eigenvalue weighted by Gasteiger charge is -2.27. The molecule has 1 atom stereocenters. The first-order valence-electron chi connectivity index (χ1n) is 6.57. The Morgan fingerprint density at radius 3 is 2.67 bits per heavy atom. The van der Waals surface area contributed by atoms with Gasteiger partial charge in [-0.25, -0.2) is 9.97 Å². The van der Waals surface area contributed by atoms with E-state index in [1.165, 1.54) is 6.42 Å². The average molecular weight is 268 g/mol. The molecule has 0 aliphatic carbocycles. The fourth-order valence-electron chi connectivity index (χ4n) is 2.54. The predicted octanol–water partition coefficient (Wildman–Crippen LogP) is 3.31. The van der Waals surface area contributed by atoms with Gasteiger partial charge in [-0.05, 0) is 37.3 Å². The van der Waals surface area contributed by atoms with Crippen LogP contribution in [-0.2, 0) is 6.54 Å². The minimum absolute atomic E-state index is 0.389.